The Morgan fingerprint density at radius 2 is 2.29 bits per heavy atom. The molecular weight excluding hydrogens is 86.1 g/mol. The molecule has 0 rings (SSSR count). The third kappa shape index (κ3) is 3.50. The molecule has 1 nitrogen and oxygen atoms in total. The predicted octanol–water partition coefficient (Wildman–Crippen LogP) is 1.69. The van der Waals surface area contributed by atoms with Crippen LogP contribution in [0.4, 0.5) is 0 Å². The summed E-state index contributed by atoms with van der Waals surface area (Å²) in [6, 6.07) is 0. The Hall–Kier alpha value is -0.330. The first-order valence-electron chi connectivity index (χ1n) is 2.59. The standard InChI is InChI=1S/C6H12N/c1-4-5-6(2)7-3/h2,4-5H2,1,3H3. The number of rotatable bonds is 2. The second-order valence-corrected chi connectivity index (χ2v) is 1.54. The molecule has 0 amide bonds. The van der Waals surface area contributed by atoms with Gasteiger partial charge in [0.1, 0.15) is 0 Å². The van der Waals surface area contributed by atoms with Gasteiger partial charge in [-0.1, -0.05) is 13.3 Å². The Morgan fingerprint density at radius 1 is 1.71 bits per heavy atom. The molecule has 0 aliphatic carbocycles. The molecule has 0 bridgehead atoms. The molecule has 1 radical (unpaired) electrons. The molecule has 41 valence electrons. The van der Waals surface area contributed by atoms with Crippen LogP contribution in [-0.2, 0) is 0 Å². The average Bonchev–Trinajstić information content (AvgIpc) is 1.68. The summed E-state index contributed by atoms with van der Waals surface area (Å²) < 4.78 is 0. The van der Waals surface area contributed by atoms with Crippen LogP contribution in [-0.4, -0.2) is 12.8 Å². The molecule has 7 heavy (non-hydrogen) atoms. The van der Waals surface area contributed by atoms with Crippen molar-refractivity contribution in [2.45, 2.75) is 19.8 Å². The Balaban J connectivity index is 3.17. The molecule has 0 aliphatic heterocycles. The van der Waals surface area contributed by atoms with Gasteiger partial charge in [0.05, 0.1) is 0 Å². The van der Waals surface area contributed by atoms with Crippen molar-refractivity contribution in [2.24, 2.45) is 4.99 Å². The number of aliphatic imine (C=N–C) groups is 1. The maximum atomic E-state index is 3.88. The topological polar surface area (TPSA) is 12.4 Å². The minimum Gasteiger partial charge on any atom is -0.297 e. The van der Waals surface area contributed by atoms with E-state index in [1.165, 1.54) is 0 Å². The van der Waals surface area contributed by atoms with E-state index in [0.29, 0.717) is 0 Å². The summed E-state index contributed by atoms with van der Waals surface area (Å²) in [4.78, 5) is 3.88. The van der Waals surface area contributed by atoms with Crippen molar-refractivity contribution < 1.29 is 0 Å². The summed E-state index contributed by atoms with van der Waals surface area (Å²) in [6.07, 6.45) is 2.19. The Labute approximate surface area is 45.5 Å². The van der Waals surface area contributed by atoms with Crippen molar-refractivity contribution in [3.63, 3.8) is 0 Å². The van der Waals surface area contributed by atoms with Crippen molar-refractivity contribution in [1.29, 1.82) is 0 Å². The summed E-state index contributed by atoms with van der Waals surface area (Å²) in [7, 11) is 1.78. The van der Waals surface area contributed by atoms with Crippen LogP contribution < -0.4 is 0 Å². The van der Waals surface area contributed by atoms with Gasteiger partial charge in [0, 0.05) is 12.8 Å². The van der Waals surface area contributed by atoms with E-state index in [1.54, 1.807) is 7.05 Å². The molecule has 0 aromatic carbocycles. The van der Waals surface area contributed by atoms with Gasteiger partial charge < -0.3 is 0 Å². The lowest BCUT2D eigenvalue weighted by Gasteiger charge is -1.89. The molecule has 0 heterocycles. The lowest BCUT2D eigenvalue weighted by atomic mass is 10.2. The van der Waals surface area contributed by atoms with Gasteiger partial charge in [0.15, 0.2) is 0 Å². The normalized spacial score (nSPS) is 12.1. The maximum Gasteiger partial charge on any atom is 0.0276 e. The molecule has 0 spiro atoms. The zero-order valence-corrected chi connectivity index (χ0v) is 5.07. The van der Waals surface area contributed by atoms with Gasteiger partial charge in [-0.25, -0.2) is 0 Å². The Morgan fingerprint density at radius 3 is 2.43 bits per heavy atom. The third-order valence-electron chi connectivity index (χ3n) is 0.855. The van der Waals surface area contributed by atoms with Crippen LogP contribution in [0.15, 0.2) is 4.99 Å². The predicted molar refractivity (Wildman–Crippen MR) is 33.6 cm³/mol. The fourth-order valence-corrected chi connectivity index (χ4v) is 0.400. The highest BCUT2D eigenvalue weighted by atomic mass is 14.7. The van der Waals surface area contributed by atoms with Crippen LogP contribution in [0, 0.1) is 6.92 Å². The van der Waals surface area contributed by atoms with Crippen LogP contribution in [0.25, 0.3) is 0 Å². The van der Waals surface area contributed by atoms with Gasteiger partial charge in [-0.2, -0.15) is 0 Å². The fourth-order valence-electron chi connectivity index (χ4n) is 0.400. The molecule has 0 fully saturated rings. The van der Waals surface area contributed by atoms with Crippen LogP contribution in [0.5, 0.6) is 0 Å². The summed E-state index contributed by atoms with van der Waals surface area (Å²) >= 11 is 0. The van der Waals surface area contributed by atoms with Crippen LogP contribution in [0.2, 0.25) is 0 Å². The molecule has 0 aromatic heterocycles. The molecule has 0 aliphatic rings. The van der Waals surface area contributed by atoms with E-state index in [1.807, 2.05) is 0 Å². The highest BCUT2D eigenvalue weighted by Gasteiger charge is 1.82. The van der Waals surface area contributed by atoms with E-state index < -0.39 is 0 Å². The smallest absolute Gasteiger partial charge is 0.0276 e. The monoisotopic (exact) mass is 98.1 g/mol. The Bertz CT molecular complexity index is 64.6. The first-order chi connectivity index (χ1) is 3.31. The van der Waals surface area contributed by atoms with E-state index in [4.69, 9.17) is 0 Å². The highest BCUT2D eigenvalue weighted by molar-refractivity contribution is 5.88. The van der Waals surface area contributed by atoms with Gasteiger partial charge in [0.2, 0.25) is 0 Å². The average molecular weight is 98.2 g/mol. The third-order valence-corrected chi connectivity index (χ3v) is 0.855. The van der Waals surface area contributed by atoms with Gasteiger partial charge in [-0.15, -0.1) is 0 Å². The van der Waals surface area contributed by atoms with E-state index in [9.17, 15) is 0 Å². The van der Waals surface area contributed by atoms with Crippen molar-refractivity contribution >= 4 is 5.71 Å². The van der Waals surface area contributed by atoms with Crippen LogP contribution in [0.3, 0.4) is 0 Å². The van der Waals surface area contributed by atoms with Crippen LogP contribution >= 0.6 is 0 Å². The van der Waals surface area contributed by atoms with Gasteiger partial charge in [0.25, 0.3) is 0 Å². The molecule has 0 unspecified atom stereocenters. The largest absolute Gasteiger partial charge is 0.297 e. The van der Waals surface area contributed by atoms with Crippen molar-refractivity contribution in [3.8, 4) is 0 Å². The molecule has 0 saturated carbocycles. The molecule has 1 heteroatoms. The number of hydrogen-bond acceptors (Lipinski definition) is 1. The summed E-state index contributed by atoms with van der Waals surface area (Å²) in [5.74, 6) is 0. The van der Waals surface area contributed by atoms with E-state index in [0.717, 1.165) is 18.6 Å². The Kier molecular flexibility index (Phi) is 3.67. The minimum atomic E-state index is 1.00. The number of hydrogen-bond donors (Lipinski definition) is 0. The summed E-state index contributed by atoms with van der Waals surface area (Å²) in [5.41, 5.74) is 1.00. The zero-order valence-electron chi connectivity index (χ0n) is 5.07. The van der Waals surface area contributed by atoms with E-state index in [2.05, 4.69) is 18.8 Å². The molecule has 0 aromatic rings. The molecule has 0 atom stereocenters. The van der Waals surface area contributed by atoms with E-state index >= 15 is 0 Å². The molecular formula is C6H12N. The minimum absolute atomic E-state index is 1.00. The highest BCUT2D eigenvalue weighted by Crippen LogP contribution is 1.87. The second kappa shape index (κ2) is 3.85. The molecule has 0 saturated heterocycles. The quantitative estimate of drug-likeness (QED) is 0.466. The van der Waals surface area contributed by atoms with Crippen LogP contribution in [0.1, 0.15) is 19.8 Å². The summed E-state index contributed by atoms with van der Waals surface area (Å²) in [6.45, 7) is 5.82. The van der Waals surface area contributed by atoms with Crippen molar-refractivity contribution in [3.05, 3.63) is 6.92 Å². The second-order valence-electron chi connectivity index (χ2n) is 1.54. The van der Waals surface area contributed by atoms with Gasteiger partial charge >= 0.3 is 0 Å². The lowest BCUT2D eigenvalue weighted by Crippen LogP contribution is -1.87. The fraction of sp³-hybridized carbons (Fsp3) is 0.667. The summed E-state index contributed by atoms with van der Waals surface area (Å²) in [5, 5.41) is 0. The van der Waals surface area contributed by atoms with Crippen molar-refractivity contribution in [1.82, 2.24) is 0 Å². The first kappa shape index (κ1) is 6.67. The van der Waals surface area contributed by atoms with Gasteiger partial charge in [-0.3, -0.25) is 4.99 Å². The maximum absolute atomic E-state index is 3.88. The van der Waals surface area contributed by atoms with Crippen molar-refractivity contribution in [2.75, 3.05) is 7.05 Å². The zero-order chi connectivity index (χ0) is 5.70. The first-order valence-corrected chi connectivity index (χ1v) is 2.59. The van der Waals surface area contributed by atoms with E-state index in [-0.39, 0.29) is 0 Å². The van der Waals surface area contributed by atoms with Gasteiger partial charge in [-0.05, 0) is 13.3 Å². The molecule has 0 N–H and O–H groups in total. The lowest BCUT2D eigenvalue weighted by molar-refractivity contribution is 0.993. The SMILES string of the molecule is [CH2]C(CCC)=NC. The number of nitrogens with zero attached hydrogens (tertiary/aromatic N) is 1.